The topological polar surface area (TPSA) is 459 Å². The minimum absolute atomic E-state index is 0.00211. The zero-order valence-electron chi connectivity index (χ0n) is 74.8. The molecule has 6 aliphatic rings. The fourth-order valence-corrected chi connectivity index (χ4v) is 19.1. The number of nitrogens with zero attached hydrogens (tertiary/aromatic N) is 10. The Morgan fingerprint density at radius 1 is 0.615 bits per heavy atom. The lowest BCUT2D eigenvalue weighted by Gasteiger charge is -2.40. The Hall–Kier alpha value is -14.4. The van der Waals surface area contributed by atoms with Crippen LogP contribution in [0.3, 0.4) is 0 Å². The fraction of sp³-hybridized carbons (Fsp3) is 0.292. The van der Waals surface area contributed by atoms with Crippen LogP contribution in [0.1, 0.15) is 203 Å². The van der Waals surface area contributed by atoms with Crippen LogP contribution in [0.2, 0.25) is 10.0 Å². The number of carbonyl (C=O) groups is 8. The third-order valence-corrected chi connectivity index (χ3v) is 25.2. The molecule has 2 saturated heterocycles. The number of furan rings is 1. The van der Waals surface area contributed by atoms with Gasteiger partial charge in [-0.15, -0.1) is 0 Å². The number of hydrogen-bond donors (Lipinski definition) is 6. The molecule has 35 nitrogen and oxygen atoms in total. The number of non-ortho nitro benzene ring substituents is 1. The molecule has 6 amide bonds. The number of hydrogen-bond acceptors (Lipinski definition) is 25. The Bertz CT molecular complexity index is 6800. The van der Waals surface area contributed by atoms with Gasteiger partial charge in [-0.1, -0.05) is 90.6 Å². The molecule has 0 bridgehead atoms. The van der Waals surface area contributed by atoms with Crippen LogP contribution in [0.15, 0.2) is 177 Å². The van der Waals surface area contributed by atoms with E-state index in [1.807, 2.05) is 30.6 Å². The number of nitrogens with one attached hydrogen (secondary N) is 4. The highest BCUT2D eigenvalue weighted by Crippen LogP contribution is 2.56. The number of likely N-dealkylation sites (tertiary alicyclic amines) is 2. The fourth-order valence-electron chi connectivity index (χ4n) is 17.5. The number of ether oxygens (including phenoxy) is 4. The van der Waals surface area contributed by atoms with Crippen molar-refractivity contribution in [2.75, 3.05) is 79.1 Å². The first kappa shape index (κ1) is 96.6. The number of carboxylic acid groups (broad SMARTS) is 2. The smallest absolute Gasteiger partial charge is 0.338 e. The average Bonchev–Trinajstić information content (AvgIpc) is 1.74. The van der Waals surface area contributed by atoms with Crippen molar-refractivity contribution in [2.24, 2.45) is 10.2 Å². The van der Waals surface area contributed by atoms with Crippen molar-refractivity contribution in [3.8, 4) is 34.3 Å². The van der Waals surface area contributed by atoms with Crippen LogP contribution < -0.4 is 50.2 Å². The number of carboxylic acids is 2. The number of carbonyl (C=O) groups excluding carboxylic acids is 6. The molecule has 0 radical (unpaired) electrons. The molecule has 0 saturated carbocycles. The molecule has 6 aliphatic heterocycles. The van der Waals surface area contributed by atoms with Crippen LogP contribution in [0.4, 0.5) is 45.5 Å². The van der Waals surface area contributed by atoms with E-state index in [0.29, 0.717) is 185 Å². The molecule has 8 aromatic carbocycles. The number of pyridine rings is 2. The summed E-state index contributed by atoms with van der Waals surface area (Å²) >= 11 is 16.0. The van der Waals surface area contributed by atoms with Crippen molar-refractivity contribution in [3.63, 3.8) is 0 Å². The van der Waals surface area contributed by atoms with Crippen LogP contribution in [0.25, 0.3) is 33.1 Å². The van der Waals surface area contributed by atoms with Gasteiger partial charge in [0.25, 0.3) is 35.0 Å². The number of para-hydroxylation sites is 1. The summed E-state index contributed by atoms with van der Waals surface area (Å²) in [5, 5.41) is 67.5. The average molecular weight is 1960 g/mol. The molecule has 11 aromatic rings. The number of sulfone groups is 1. The van der Waals surface area contributed by atoms with Gasteiger partial charge in [-0.25, -0.2) is 28.0 Å². The number of amides is 6. The molecular formula is C96H93BrCl2N14O21S. The Morgan fingerprint density at radius 2 is 1.13 bits per heavy atom. The molecule has 700 valence electrons. The van der Waals surface area contributed by atoms with Gasteiger partial charge in [0.1, 0.15) is 34.5 Å². The maximum Gasteiger partial charge on any atom is 0.338 e. The van der Waals surface area contributed by atoms with E-state index in [0.717, 1.165) is 41.6 Å². The molecule has 4 atom stereocenters. The van der Waals surface area contributed by atoms with Crippen molar-refractivity contribution in [2.45, 2.75) is 135 Å². The lowest BCUT2D eigenvalue weighted by atomic mass is 9.86. The number of fused-ring (bicyclic) bond motifs is 4. The first-order chi connectivity index (χ1) is 64.5. The molecule has 135 heavy (non-hydrogen) atoms. The van der Waals surface area contributed by atoms with Gasteiger partial charge in [0.15, 0.2) is 9.84 Å². The highest BCUT2D eigenvalue weighted by molar-refractivity contribution is 9.10. The van der Waals surface area contributed by atoms with E-state index in [-0.39, 0.29) is 106 Å². The quantitative estimate of drug-likeness (QED) is 0.0242. The monoisotopic (exact) mass is 1960 g/mol. The molecule has 0 aliphatic carbocycles. The lowest BCUT2D eigenvalue weighted by Crippen LogP contribution is -2.36. The van der Waals surface area contributed by atoms with Crippen molar-refractivity contribution in [1.29, 1.82) is 0 Å². The third kappa shape index (κ3) is 20.8. The van der Waals surface area contributed by atoms with Gasteiger partial charge >= 0.3 is 11.9 Å². The zero-order chi connectivity index (χ0) is 96.9. The molecule has 4 unspecified atom stereocenters. The second kappa shape index (κ2) is 41.0. The molecule has 9 heterocycles. The summed E-state index contributed by atoms with van der Waals surface area (Å²) < 4.78 is 53.7. The summed E-state index contributed by atoms with van der Waals surface area (Å²) in [7, 11) is 2.72. The van der Waals surface area contributed by atoms with E-state index in [2.05, 4.69) is 57.4 Å². The van der Waals surface area contributed by atoms with E-state index in [4.69, 9.17) is 46.6 Å². The highest BCUT2D eigenvalue weighted by Gasteiger charge is 2.44. The Labute approximate surface area is 792 Å². The minimum Gasteiger partial charge on any atom is -0.496 e. The number of aryl methyl sites for hydroxylation is 1. The Balaban J connectivity index is 0.000000144. The predicted molar refractivity (Wildman–Crippen MR) is 513 cm³/mol. The first-order valence-corrected chi connectivity index (χ1v) is 46.5. The van der Waals surface area contributed by atoms with Gasteiger partial charge in [0.05, 0.1) is 159 Å². The SMILES string of the molecule is CC1=NN(c2ccc(NC(=O)c3c(C(=O)O)c(C(C)C)nc4ccc(Cl)cc34)cc2)C(=O)C1.CCCc1nc2ccc(Br)cc2c(C(=O)Nc2ccc(N3N=C(C)CC3=O)cc2)c1C(=O)O.COc1cc(CS(C)(=O)=O)c(OC)c2c1NC(c1ccc([N+](=O)[O-])cc1)CC2N1CCCC1=O.COc1cc(Cl)c(OC)c2c1NC(c1ccc(-c3ccccc3[N+](=O)[O-])o1)CC2N1CCCC1=O. The van der Waals surface area contributed by atoms with E-state index >= 15 is 0 Å². The summed E-state index contributed by atoms with van der Waals surface area (Å²) in [5.41, 5.74) is 9.48. The molecule has 2 fully saturated rings. The number of anilines is 6. The standard InChI is InChI=1S/C25H24ClN3O6.C24H21BrN4O4.C24H21ClN4O4.C23H27N3O7S/c1-33-21-12-15(26)25(34-2)23-18(28-11-5-8-22(28)30)13-16(27-24(21)23)20-10-9-19(35-20)14-6-3-4-7-17(14)29(31)32;1-3-4-19-22(24(32)33)21(17-12-14(25)5-10-18(17)27-19)23(31)26-15-6-8-16(9-7-15)29-20(30)11-13(2)28-29;1-12(2)22-21(24(32)33)20(17-11-14(25)4-9-18(17)27-22)23(31)26-15-5-7-16(8-6-15)29-19(30)10-13(3)28-29;1-32-19-11-15(13-34(3,30)31)23(33-2)21-18(25-10-4-5-20(25)27)12-17(24-22(19)21)14-6-8-16(9-7-14)26(28)29/h3-4,6-7,9-10,12,16,18,27H,5,8,11,13H2,1-2H3;5-10,12H,3-4,11H2,1-2H3,(H,26,31)(H,32,33);4-9,11-12H,10H2,1-3H3,(H,26,31)(H,32,33);6-9,11,17-18,24H,4-5,10,12-13H2,1-3H3. The number of hydrazone groups is 2. The number of nitro groups is 2. The number of nitro benzene ring substituents is 2. The second-order valence-electron chi connectivity index (χ2n) is 32.9. The largest absolute Gasteiger partial charge is 0.496 e. The van der Waals surface area contributed by atoms with Crippen molar-refractivity contribution < 1.29 is 90.2 Å². The summed E-state index contributed by atoms with van der Waals surface area (Å²) in [5.74, 6) is -1.31. The molecule has 17 rings (SSSR count). The van der Waals surface area contributed by atoms with Gasteiger partial charge in [0, 0.05) is 116 Å². The van der Waals surface area contributed by atoms with Gasteiger partial charge < -0.3 is 64.6 Å². The van der Waals surface area contributed by atoms with Gasteiger partial charge in [-0.3, -0.25) is 59.0 Å². The van der Waals surface area contributed by atoms with Crippen LogP contribution in [0.5, 0.6) is 23.0 Å². The van der Waals surface area contributed by atoms with Gasteiger partial charge in [-0.05, 0) is 167 Å². The number of aromatic nitrogens is 2. The van der Waals surface area contributed by atoms with E-state index < -0.39 is 43.4 Å². The van der Waals surface area contributed by atoms with Gasteiger partial charge in [-0.2, -0.15) is 10.2 Å². The normalized spacial score (nSPS) is 16.6. The summed E-state index contributed by atoms with van der Waals surface area (Å²) in [4.78, 5) is 135. The summed E-state index contributed by atoms with van der Waals surface area (Å²) in [6, 6.07) is 41.7. The maximum atomic E-state index is 13.4. The number of methoxy groups -OCH3 is 4. The van der Waals surface area contributed by atoms with Crippen LogP contribution >= 0.6 is 39.1 Å². The van der Waals surface area contributed by atoms with Crippen LogP contribution in [0, 0.1) is 20.2 Å². The summed E-state index contributed by atoms with van der Waals surface area (Å²) in [6.45, 7) is 10.4. The predicted octanol–water partition coefficient (Wildman–Crippen LogP) is 19.2. The number of halogens is 3. The van der Waals surface area contributed by atoms with E-state index in [9.17, 15) is 77.2 Å². The first-order valence-electron chi connectivity index (χ1n) is 42.9. The number of rotatable bonds is 24. The van der Waals surface area contributed by atoms with Crippen molar-refractivity contribution in [3.05, 3.63) is 254 Å². The Morgan fingerprint density at radius 3 is 1.63 bits per heavy atom. The molecule has 3 aromatic heterocycles. The molecule has 39 heteroatoms. The second-order valence-corrected chi connectivity index (χ2v) is 36.8. The molecular weight excluding hydrogens is 1870 g/mol. The zero-order valence-corrected chi connectivity index (χ0v) is 78.7. The number of aromatic carboxylic acids is 2. The third-order valence-electron chi connectivity index (χ3n) is 23.4. The number of benzene rings is 8. The highest BCUT2D eigenvalue weighted by atomic mass is 79.9. The van der Waals surface area contributed by atoms with Gasteiger partial charge in [0.2, 0.25) is 11.8 Å². The molecule has 6 N–H and O–H groups in total. The molecule has 0 spiro atoms. The Kier molecular flexibility index (Phi) is 29.3. The van der Waals surface area contributed by atoms with Crippen LogP contribution in [-0.2, 0) is 41.2 Å². The van der Waals surface area contributed by atoms with E-state index in [1.54, 1.807) is 162 Å². The summed E-state index contributed by atoms with van der Waals surface area (Å²) in [6.07, 6.45) is 6.28. The van der Waals surface area contributed by atoms with Crippen molar-refractivity contribution >= 4 is 175 Å². The van der Waals surface area contributed by atoms with Crippen molar-refractivity contribution in [1.82, 2.24) is 19.8 Å². The lowest BCUT2D eigenvalue weighted by molar-refractivity contribution is -0.384. The van der Waals surface area contributed by atoms with E-state index in [1.165, 1.54) is 48.5 Å². The minimum atomic E-state index is -3.36. The maximum absolute atomic E-state index is 13.4. The van der Waals surface area contributed by atoms with Crippen LogP contribution in [-0.4, -0.2) is 155 Å².